The molecule has 8 heterocycles. The van der Waals surface area contributed by atoms with E-state index in [1.54, 1.807) is 83.3 Å². The van der Waals surface area contributed by atoms with E-state index in [4.69, 9.17) is 18.9 Å². The highest BCUT2D eigenvalue weighted by molar-refractivity contribution is 7.79. The molecule has 2 aliphatic heterocycles. The lowest BCUT2D eigenvalue weighted by atomic mass is 9.81. The van der Waals surface area contributed by atoms with E-state index in [0.29, 0.717) is 115 Å². The van der Waals surface area contributed by atoms with Crippen LogP contribution in [0.25, 0.3) is 114 Å². The summed E-state index contributed by atoms with van der Waals surface area (Å²) in [5.74, 6) is -1.80. The van der Waals surface area contributed by atoms with E-state index < -0.39 is 41.3 Å². The van der Waals surface area contributed by atoms with Crippen LogP contribution < -0.4 is 24.0 Å². The van der Waals surface area contributed by atoms with Crippen LogP contribution in [0.3, 0.4) is 0 Å². The van der Waals surface area contributed by atoms with Crippen molar-refractivity contribution in [3.8, 4) is 48.3 Å². The molecule has 23 heteroatoms. The summed E-state index contributed by atoms with van der Waals surface area (Å²) < 4.78 is 70.3. The molecule has 0 saturated heterocycles. The number of thiophene rings is 6. The number of fused-ring (bicyclic) bond motifs is 6. The van der Waals surface area contributed by atoms with Gasteiger partial charge in [0.05, 0.1) is 46.5 Å². The van der Waals surface area contributed by atoms with Crippen LogP contribution in [0.5, 0.6) is 28.7 Å². The summed E-state index contributed by atoms with van der Waals surface area (Å²) in [6.45, 7) is 28.1. The van der Waals surface area contributed by atoms with Crippen LogP contribution in [0.15, 0.2) is 186 Å². The number of methoxy groups -OCH3 is 1. The molecular weight excluding hydrogens is 1940 g/mol. The Morgan fingerprint density at radius 2 is 0.724 bits per heavy atom. The molecule has 4 unspecified atom stereocenters. The van der Waals surface area contributed by atoms with Gasteiger partial charge < -0.3 is 18.9 Å². The summed E-state index contributed by atoms with van der Waals surface area (Å²) in [6, 6.07) is 51.7. The van der Waals surface area contributed by atoms with Crippen molar-refractivity contribution >= 4 is 234 Å². The topological polar surface area (TPSA) is 182 Å². The Balaban J connectivity index is 0.632. The number of halogens is 2. The van der Waals surface area contributed by atoms with E-state index in [9.17, 15) is 10.2 Å². The van der Waals surface area contributed by atoms with Crippen LogP contribution in [0, 0.1) is 63.7 Å². The van der Waals surface area contributed by atoms with E-state index >= 15 is 32.8 Å². The molecule has 0 bridgehead atoms. The minimum Gasteiger partial charge on any atom is -0.465 e. The molecule has 0 saturated carbocycles. The largest absolute Gasteiger partial charge is 0.465 e. The number of anilines is 2. The minimum atomic E-state index is -1.13. The fourth-order valence-electron chi connectivity index (χ4n) is 21.7. The second kappa shape index (κ2) is 41.6. The molecule has 740 valence electrons. The number of carbonyl (C=O) groups excluding carboxylic acids is 6. The van der Waals surface area contributed by atoms with Crippen molar-refractivity contribution in [1.82, 2.24) is 0 Å². The third kappa shape index (κ3) is 18.6. The van der Waals surface area contributed by atoms with Gasteiger partial charge in [-0.25, -0.2) is 32.6 Å². The molecule has 0 fully saturated rings. The number of thiol groups is 1. The van der Waals surface area contributed by atoms with Crippen molar-refractivity contribution in [1.29, 1.82) is 5.41 Å². The van der Waals surface area contributed by atoms with Gasteiger partial charge in [0.2, 0.25) is 0 Å². The van der Waals surface area contributed by atoms with Crippen LogP contribution in [0.4, 0.5) is 20.2 Å². The van der Waals surface area contributed by atoms with Gasteiger partial charge in [-0.05, 0) is 309 Å². The minimum absolute atomic E-state index is 0.0572. The second-order valence-corrected chi connectivity index (χ2v) is 46.8. The highest BCUT2D eigenvalue weighted by Gasteiger charge is 2.43. The Bertz CT molecular complexity index is 8080. The third-order valence-electron chi connectivity index (χ3n) is 29.8. The normalized spacial score (nSPS) is 14.7. The Morgan fingerprint density at radius 3 is 1.11 bits per heavy atom. The zero-order chi connectivity index (χ0) is 102. The number of amides is 4. The van der Waals surface area contributed by atoms with Crippen LogP contribution in [0.2, 0.25) is 0 Å². The quantitative estimate of drug-likeness (QED) is 0.00723. The summed E-state index contributed by atoms with van der Waals surface area (Å²) >= 11 is 13.5. The Labute approximate surface area is 873 Å². The molecule has 20 rings (SSSR count). The number of imide groups is 2. The van der Waals surface area contributed by atoms with E-state index in [0.717, 1.165) is 222 Å². The van der Waals surface area contributed by atoms with Crippen molar-refractivity contribution in [2.24, 2.45) is 28.1 Å². The van der Waals surface area contributed by atoms with Crippen molar-refractivity contribution in [3.63, 3.8) is 0 Å². The predicted octanol–water partition coefficient (Wildman–Crippen LogP) is 36.2. The first-order chi connectivity index (χ1) is 70.1. The lowest BCUT2D eigenvalue weighted by Gasteiger charge is -2.31. The van der Waals surface area contributed by atoms with Crippen LogP contribution in [-0.2, 0) is 30.4 Å². The molecule has 4 atom stereocenters. The summed E-state index contributed by atoms with van der Waals surface area (Å²) in [7, 11) is 1.44. The van der Waals surface area contributed by atoms with Gasteiger partial charge in [0.15, 0.2) is 11.7 Å². The van der Waals surface area contributed by atoms with E-state index in [-0.39, 0.29) is 62.4 Å². The number of rotatable bonds is 37. The number of carbonyl (C=O) groups is 6. The highest BCUT2D eigenvalue weighted by Crippen LogP contribution is 2.58. The molecule has 3 aliphatic rings. The van der Waals surface area contributed by atoms with Gasteiger partial charge in [-0.1, -0.05) is 198 Å². The molecule has 145 heavy (non-hydrogen) atoms. The summed E-state index contributed by atoms with van der Waals surface area (Å²) in [4.78, 5) is 98.4. The number of esters is 2. The van der Waals surface area contributed by atoms with Crippen molar-refractivity contribution < 1.29 is 56.5 Å². The van der Waals surface area contributed by atoms with Gasteiger partial charge in [0.1, 0.15) is 44.2 Å². The maximum absolute atomic E-state index is 17.9. The molecule has 1 aliphatic carbocycles. The van der Waals surface area contributed by atoms with E-state index in [1.165, 1.54) is 78.6 Å². The van der Waals surface area contributed by atoms with Gasteiger partial charge in [0.25, 0.3) is 23.6 Å². The molecule has 0 spiro atoms. The lowest BCUT2D eigenvalue weighted by Crippen LogP contribution is -2.40. The highest BCUT2D eigenvalue weighted by atomic mass is 32.1. The SMILES string of the molecule is CCCCC(C)CCc1c2cc(-c3sc(C4=C(F)C(F)=C(c5cc(C)c(-c6cc7c(CCC(C)CCCC)c8sc(C(=O)OC)cc8c(CCC(C)CCCC)c7s6)s5)C(=NS)C4=N)cc3C)sc2c(CCC(C)CCCC)c2cc(C(=O)Oc3ccc(N4C(=O)c5ccc6c7c(Oc8ccc(C)cc8)cc8c9c(ccc(c%10c(Oc%11ccc(C)cc%11)cc(c5c6%10)C4=O)c97)C(=O)N(c4ccc(C)cc4)C8=O)cc3)sc12. The molecular formula is C122H116F2N4O10S7. The zero-order valence-electron chi connectivity index (χ0n) is 84.2. The predicted molar refractivity (Wildman–Crippen MR) is 605 cm³/mol. The molecule has 0 radical (unpaired) electrons. The fourth-order valence-corrected chi connectivity index (χ4v) is 29.5. The molecule has 6 aromatic heterocycles. The van der Waals surface area contributed by atoms with Crippen LogP contribution >= 0.6 is 80.8 Å². The molecule has 17 aromatic rings. The first-order valence-electron chi connectivity index (χ1n) is 50.9. The standard InChI is InChI=1S/C122H116F2N4O10S7/c1-15-19-23-63(5)33-47-77-85-60-96(143-113(85)79(49-35-65(7)25-21-17-3)87-61-97(121(133)135-14)144-115(77)87)112-71(13)56-94(141-112)106-108(124)107(123)105(109(125)110(106)126-139)93-55-70(12)111(140-93)95-59-86-78(48-34-64(6)24-20-16-2)116-88(80(114(86)142-95)50-36-66(8)26-22-18-4)62-98(145-116)122(134)138-76-45-39-73(40-46-76)128-118(130)84-54-52-82-101-91(136-74-41-29-68(10)30-42-74)57-89-99-83(117(129)127(119(89)131)72-37-27-67(9)28-38-72)53-51-81(103(99)101)102-92(137-75-43-31-69(11)32-44-75)58-90(120(128)132)100(84)104(82)102/h27-32,37-46,51-66,125,139H,15-26,33-36,47-50H2,1-14H3. The van der Waals surface area contributed by atoms with Crippen molar-refractivity contribution in [2.45, 2.75) is 218 Å². The van der Waals surface area contributed by atoms with Gasteiger partial charge in [0, 0.05) is 91.5 Å². The number of benzene rings is 11. The number of aryl methyl sites for hydroxylation is 9. The maximum atomic E-state index is 17.9. The first kappa shape index (κ1) is 100. The lowest BCUT2D eigenvalue weighted by molar-refractivity contribution is 0.0605. The molecule has 14 nitrogen and oxygen atoms in total. The summed E-state index contributed by atoms with van der Waals surface area (Å²) in [6.07, 6.45) is 20.2. The number of hydrogen-bond acceptors (Lipinski definition) is 19. The zero-order valence-corrected chi connectivity index (χ0v) is 90.0. The van der Waals surface area contributed by atoms with Gasteiger partial charge in [-0.2, -0.15) is 0 Å². The number of hydrogen-bond donors (Lipinski definition) is 2. The van der Waals surface area contributed by atoms with Crippen LogP contribution in [-0.4, -0.2) is 54.1 Å². The smallest absolute Gasteiger partial charge is 0.353 e. The average Bonchev–Trinajstić information content (AvgIpc) is 1.32. The van der Waals surface area contributed by atoms with Gasteiger partial charge >= 0.3 is 11.9 Å². The summed E-state index contributed by atoms with van der Waals surface area (Å²) in [5, 5.41) is 18.5. The summed E-state index contributed by atoms with van der Waals surface area (Å²) in [5.41, 5.74) is 10.4. The van der Waals surface area contributed by atoms with Gasteiger partial charge in [-0.3, -0.25) is 24.6 Å². The second-order valence-electron chi connectivity index (χ2n) is 40.3. The molecule has 4 amide bonds. The van der Waals surface area contributed by atoms with Crippen molar-refractivity contribution in [3.05, 3.63) is 273 Å². The number of ether oxygens (including phenoxy) is 4. The Morgan fingerprint density at radius 1 is 0.379 bits per heavy atom. The number of allylic oxidation sites excluding steroid dienone is 4. The molecule has 11 aromatic carbocycles. The number of unbranched alkanes of at least 4 members (excludes halogenated alkanes) is 4. The average molecular weight is 2060 g/mol. The molecule has 1 N–H and O–H groups in total. The fraction of sp³-hybridized carbons (Fsp3) is 0.311. The Kier molecular flexibility index (Phi) is 28.7. The van der Waals surface area contributed by atoms with E-state index in [2.05, 4.69) is 90.8 Å². The maximum Gasteiger partial charge on any atom is 0.353 e. The van der Waals surface area contributed by atoms with Gasteiger partial charge in [-0.15, -0.1) is 68.0 Å². The van der Waals surface area contributed by atoms with Crippen LogP contribution in [0.1, 0.15) is 279 Å². The van der Waals surface area contributed by atoms with Crippen molar-refractivity contribution in [2.75, 3.05) is 16.9 Å². The first-order valence-corrected chi connectivity index (χ1v) is 56.2. The number of nitrogens with zero attached hydrogens (tertiary/aromatic N) is 3. The van der Waals surface area contributed by atoms with E-state index in [1.807, 2.05) is 126 Å². The Hall–Kier alpha value is -12.2. The third-order valence-corrected chi connectivity index (χ3v) is 37.6. The monoisotopic (exact) mass is 2060 g/mol. The number of nitrogens with one attached hydrogen (secondary N) is 1.